The van der Waals surface area contributed by atoms with Crippen LogP contribution < -0.4 is 10.6 Å². The lowest BCUT2D eigenvalue weighted by Crippen LogP contribution is -2.47. The lowest BCUT2D eigenvalue weighted by Gasteiger charge is -2.37. The van der Waals surface area contributed by atoms with Gasteiger partial charge in [0.25, 0.3) is 0 Å². The third kappa shape index (κ3) is 4.68. The topological polar surface area (TPSA) is 50.4 Å². The molecule has 0 radical (unpaired) electrons. The summed E-state index contributed by atoms with van der Waals surface area (Å²) in [6.45, 7) is 5.39. The Labute approximate surface area is 104 Å². The van der Waals surface area contributed by atoms with Gasteiger partial charge < -0.3 is 15.4 Å². The van der Waals surface area contributed by atoms with Gasteiger partial charge in [-0.2, -0.15) is 0 Å². The number of piperidine rings is 1. The Morgan fingerprint density at radius 2 is 2.06 bits per heavy atom. The first-order valence-corrected chi connectivity index (χ1v) is 5.69. The van der Waals surface area contributed by atoms with Crippen molar-refractivity contribution in [1.82, 2.24) is 10.6 Å². The van der Waals surface area contributed by atoms with Crippen molar-refractivity contribution in [3.05, 3.63) is 0 Å². The highest BCUT2D eigenvalue weighted by Gasteiger charge is 2.32. The molecule has 0 spiro atoms. The Balaban J connectivity index is 0.00000225. The van der Waals surface area contributed by atoms with Gasteiger partial charge in [0.2, 0.25) is 5.91 Å². The van der Waals surface area contributed by atoms with Gasteiger partial charge in [-0.1, -0.05) is 6.92 Å². The highest BCUT2D eigenvalue weighted by molar-refractivity contribution is 5.85. The lowest BCUT2D eigenvalue weighted by atomic mass is 9.79. The minimum absolute atomic E-state index is 0. The van der Waals surface area contributed by atoms with Gasteiger partial charge in [-0.25, -0.2) is 0 Å². The van der Waals surface area contributed by atoms with Crippen LogP contribution >= 0.6 is 12.4 Å². The number of methoxy groups -OCH3 is 1. The molecule has 4 nitrogen and oxygen atoms in total. The SMILES string of the molecule is CCC(=O)NCC1(COC)CCNCC1.Cl. The monoisotopic (exact) mass is 250 g/mol. The second-order valence-corrected chi connectivity index (χ2v) is 4.31. The van der Waals surface area contributed by atoms with Gasteiger partial charge >= 0.3 is 0 Å². The molecule has 0 aromatic rings. The maximum Gasteiger partial charge on any atom is 0.219 e. The summed E-state index contributed by atoms with van der Waals surface area (Å²) in [7, 11) is 1.73. The standard InChI is InChI=1S/C11H22N2O2.ClH/c1-3-10(14)13-8-11(9-15-2)4-6-12-7-5-11;/h12H,3-9H2,1-2H3,(H,13,14);1H. The Morgan fingerprint density at radius 3 is 2.56 bits per heavy atom. The highest BCUT2D eigenvalue weighted by atomic mass is 35.5. The number of carbonyl (C=O) groups excluding carboxylic acids is 1. The average molecular weight is 251 g/mol. The number of carbonyl (C=O) groups is 1. The zero-order valence-corrected chi connectivity index (χ0v) is 11.0. The summed E-state index contributed by atoms with van der Waals surface area (Å²) < 4.78 is 5.27. The Morgan fingerprint density at radius 1 is 1.44 bits per heavy atom. The molecule has 0 aliphatic carbocycles. The highest BCUT2D eigenvalue weighted by Crippen LogP contribution is 2.28. The van der Waals surface area contributed by atoms with Crippen molar-refractivity contribution in [3.8, 4) is 0 Å². The summed E-state index contributed by atoms with van der Waals surface area (Å²) >= 11 is 0. The molecular formula is C11H23ClN2O2. The van der Waals surface area contributed by atoms with Crippen LogP contribution in [0.2, 0.25) is 0 Å². The van der Waals surface area contributed by atoms with Crippen LogP contribution in [0.25, 0.3) is 0 Å². The van der Waals surface area contributed by atoms with Crippen LogP contribution in [0.15, 0.2) is 0 Å². The third-order valence-corrected chi connectivity index (χ3v) is 3.10. The van der Waals surface area contributed by atoms with E-state index in [9.17, 15) is 4.79 Å². The van der Waals surface area contributed by atoms with Crippen LogP contribution in [-0.4, -0.2) is 39.3 Å². The summed E-state index contributed by atoms with van der Waals surface area (Å²) in [6, 6.07) is 0. The molecule has 0 atom stereocenters. The summed E-state index contributed by atoms with van der Waals surface area (Å²) in [5, 5.41) is 6.31. The van der Waals surface area contributed by atoms with E-state index in [1.807, 2.05) is 6.92 Å². The number of nitrogens with one attached hydrogen (secondary N) is 2. The van der Waals surface area contributed by atoms with E-state index in [0.29, 0.717) is 6.42 Å². The van der Waals surface area contributed by atoms with Gasteiger partial charge in [-0.15, -0.1) is 12.4 Å². The molecule has 1 rings (SSSR count). The van der Waals surface area contributed by atoms with Crippen LogP contribution in [-0.2, 0) is 9.53 Å². The Bertz CT molecular complexity index is 201. The van der Waals surface area contributed by atoms with Gasteiger partial charge in [0, 0.05) is 25.5 Å². The third-order valence-electron chi connectivity index (χ3n) is 3.10. The number of halogens is 1. The summed E-state index contributed by atoms with van der Waals surface area (Å²) in [4.78, 5) is 11.2. The van der Waals surface area contributed by atoms with Gasteiger partial charge in [-0.05, 0) is 25.9 Å². The van der Waals surface area contributed by atoms with E-state index in [1.165, 1.54) is 0 Å². The zero-order chi connectivity index (χ0) is 11.1. The second kappa shape index (κ2) is 7.87. The molecular weight excluding hydrogens is 228 g/mol. The van der Waals surface area contributed by atoms with Crippen molar-refractivity contribution < 1.29 is 9.53 Å². The summed E-state index contributed by atoms with van der Waals surface area (Å²) in [5.41, 5.74) is 0.144. The van der Waals surface area contributed by atoms with E-state index < -0.39 is 0 Å². The smallest absolute Gasteiger partial charge is 0.219 e. The maximum absolute atomic E-state index is 11.2. The number of ether oxygens (including phenoxy) is 1. The van der Waals surface area contributed by atoms with Crippen LogP contribution in [0.4, 0.5) is 0 Å². The first kappa shape index (κ1) is 15.7. The minimum Gasteiger partial charge on any atom is -0.384 e. The Kier molecular flexibility index (Phi) is 7.72. The second-order valence-electron chi connectivity index (χ2n) is 4.31. The molecule has 1 aliphatic heterocycles. The first-order valence-electron chi connectivity index (χ1n) is 5.69. The fourth-order valence-corrected chi connectivity index (χ4v) is 2.05. The predicted molar refractivity (Wildman–Crippen MR) is 67.0 cm³/mol. The molecule has 1 saturated heterocycles. The molecule has 0 aromatic heterocycles. The lowest BCUT2D eigenvalue weighted by molar-refractivity contribution is -0.121. The number of hydrogen-bond donors (Lipinski definition) is 2. The van der Waals surface area contributed by atoms with Gasteiger partial charge in [-0.3, -0.25) is 4.79 Å². The first-order chi connectivity index (χ1) is 7.22. The van der Waals surface area contributed by atoms with Crippen molar-refractivity contribution in [2.45, 2.75) is 26.2 Å². The molecule has 0 unspecified atom stereocenters. The predicted octanol–water partition coefficient (Wildman–Crippen LogP) is 0.951. The molecule has 96 valence electrons. The van der Waals surface area contributed by atoms with E-state index in [-0.39, 0.29) is 23.7 Å². The average Bonchev–Trinajstić information content (AvgIpc) is 2.28. The summed E-state index contributed by atoms with van der Waals surface area (Å²) in [6.07, 6.45) is 2.71. The number of amides is 1. The maximum atomic E-state index is 11.2. The van der Waals surface area contributed by atoms with Crippen LogP contribution in [0.1, 0.15) is 26.2 Å². The summed E-state index contributed by atoms with van der Waals surface area (Å²) in [5.74, 6) is 0.129. The normalized spacial score (nSPS) is 18.6. The molecule has 1 amide bonds. The Hall–Kier alpha value is -0.320. The molecule has 5 heteroatoms. The molecule has 0 saturated carbocycles. The van der Waals surface area contributed by atoms with Crippen molar-refractivity contribution in [2.24, 2.45) is 5.41 Å². The van der Waals surface area contributed by atoms with Gasteiger partial charge in [0.15, 0.2) is 0 Å². The van der Waals surface area contributed by atoms with E-state index >= 15 is 0 Å². The van der Waals surface area contributed by atoms with Crippen LogP contribution in [0.3, 0.4) is 0 Å². The van der Waals surface area contributed by atoms with Crippen molar-refractivity contribution >= 4 is 18.3 Å². The van der Waals surface area contributed by atoms with Gasteiger partial charge in [0.05, 0.1) is 6.61 Å². The fourth-order valence-electron chi connectivity index (χ4n) is 2.05. The van der Waals surface area contributed by atoms with Crippen LogP contribution in [0, 0.1) is 5.41 Å². The van der Waals surface area contributed by atoms with E-state index in [4.69, 9.17) is 4.74 Å². The molecule has 1 fully saturated rings. The minimum atomic E-state index is 0. The van der Waals surface area contributed by atoms with E-state index in [1.54, 1.807) is 7.11 Å². The van der Waals surface area contributed by atoms with Crippen molar-refractivity contribution in [3.63, 3.8) is 0 Å². The molecule has 0 aromatic carbocycles. The number of hydrogen-bond acceptors (Lipinski definition) is 3. The molecule has 1 heterocycles. The van der Waals surface area contributed by atoms with Crippen LogP contribution in [0.5, 0.6) is 0 Å². The molecule has 0 bridgehead atoms. The molecule has 2 N–H and O–H groups in total. The number of rotatable bonds is 5. The van der Waals surface area contributed by atoms with Crippen molar-refractivity contribution in [2.75, 3.05) is 33.4 Å². The van der Waals surface area contributed by atoms with E-state index in [0.717, 1.165) is 39.1 Å². The van der Waals surface area contributed by atoms with E-state index in [2.05, 4.69) is 10.6 Å². The molecule has 16 heavy (non-hydrogen) atoms. The quantitative estimate of drug-likeness (QED) is 0.764. The van der Waals surface area contributed by atoms with Crippen molar-refractivity contribution in [1.29, 1.82) is 0 Å². The van der Waals surface area contributed by atoms with Gasteiger partial charge in [0.1, 0.15) is 0 Å². The molecule has 1 aliphatic rings. The largest absolute Gasteiger partial charge is 0.384 e. The fraction of sp³-hybridized carbons (Fsp3) is 0.909. The zero-order valence-electron chi connectivity index (χ0n) is 10.2.